The highest BCUT2D eigenvalue weighted by molar-refractivity contribution is 6.34. The van der Waals surface area contributed by atoms with Crippen LogP contribution in [0, 0.1) is 12.1 Å². The minimum atomic E-state index is -4.73. The Kier molecular flexibility index (Phi) is 6.30. The molecule has 0 radical (unpaired) electrons. The zero-order chi connectivity index (χ0) is 24.1. The number of nitrogens with zero attached hydrogens (tertiary/aromatic N) is 1. The van der Waals surface area contributed by atoms with Crippen molar-refractivity contribution in [2.45, 2.75) is 51.3 Å². The molecule has 0 amide bonds. The Morgan fingerprint density at radius 3 is 2.19 bits per heavy atom. The molecule has 1 aliphatic rings. The molecular weight excluding hydrogens is 466 g/mol. The van der Waals surface area contributed by atoms with Gasteiger partial charge in [0.15, 0.2) is 17.7 Å². The van der Waals surface area contributed by atoms with Crippen LogP contribution in [0.5, 0.6) is 0 Å². The van der Waals surface area contributed by atoms with E-state index in [0.29, 0.717) is 15.9 Å². The topological polar surface area (TPSA) is 52.4 Å². The van der Waals surface area contributed by atoms with E-state index >= 15 is 0 Å². The fourth-order valence-electron chi connectivity index (χ4n) is 3.80. The van der Waals surface area contributed by atoms with Gasteiger partial charge in [0, 0.05) is 15.6 Å². The first-order valence-electron chi connectivity index (χ1n) is 9.81. The van der Waals surface area contributed by atoms with Crippen LogP contribution in [0.25, 0.3) is 0 Å². The Hall–Kier alpha value is -2.25. The normalized spacial score (nSPS) is 19.4. The second-order valence-electron chi connectivity index (χ2n) is 8.93. The van der Waals surface area contributed by atoms with E-state index < -0.39 is 36.1 Å². The number of hydroxylamine groups is 1. The molecule has 0 unspecified atom stereocenters. The van der Waals surface area contributed by atoms with Crippen LogP contribution in [-0.4, -0.2) is 34.7 Å². The Bertz CT molecular complexity index is 1090. The highest BCUT2D eigenvalue weighted by Crippen LogP contribution is 2.48. The van der Waals surface area contributed by atoms with Crippen molar-refractivity contribution in [1.82, 2.24) is 0 Å². The maximum absolute atomic E-state index is 14.3. The van der Waals surface area contributed by atoms with Crippen molar-refractivity contribution in [2.24, 2.45) is 0 Å². The summed E-state index contributed by atoms with van der Waals surface area (Å²) in [6, 6.07) is 8.16. The van der Waals surface area contributed by atoms with Crippen LogP contribution in [-0.2, 0) is 10.2 Å². The average Bonchev–Trinajstić information content (AvgIpc) is 2.98. The lowest BCUT2D eigenvalue weighted by atomic mass is 9.76. The fraction of sp³-hybridized carbons (Fsp3) is 0.391. The van der Waals surface area contributed by atoms with E-state index in [9.17, 15) is 23.2 Å². The third-order valence-electron chi connectivity index (χ3n) is 5.32. The number of halogens is 5. The number of aryl methyl sites for hydroxylation is 1. The fourth-order valence-corrected chi connectivity index (χ4v) is 4.32. The summed E-state index contributed by atoms with van der Waals surface area (Å²) < 4.78 is 48.6. The molecule has 0 aromatic heterocycles. The second kappa shape index (κ2) is 8.27. The summed E-state index contributed by atoms with van der Waals surface area (Å²) in [5.74, 6) is -0.546. The van der Waals surface area contributed by atoms with Crippen LogP contribution >= 0.6 is 23.2 Å². The van der Waals surface area contributed by atoms with Crippen LogP contribution in [0.3, 0.4) is 0 Å². The minimum absolute atomic E-state index is 0.0303. The molecule has 9 heteroatoms. The molecule has 0 saturated carbocycles. The highest BCUT2D eigenvalue weighted by atomic mass is 35.5. The number of hydrogen-bond acceptors (Lipinski definition) is 3. The van der Waals surface area contributed by atoms with Crippen LogP contribution in [0.2, 0.25) is 10.0 Å². The molecule has 1 atom stereocenters. The Balaban J connectivity index is 2.00. The number of esters is 1. The van der Waals surface area contributed by atoms with Gasteiger partial charge in [-0.2, -0.15) is 13.2 Å². The second-order valence-corrected chi connectivity index (χ2v) is 9.80. The monoisotopic (exact) mass is 487 g/mol. The van der Waals surface area contributed by atoms with Gasteiger partial charge < -0.3 is 9.94 Å². The lowest BCUT2D eigenvalue weighted by Gasteiger charge is -2.29. The van der Waals surface area contributed by atoms with Gasteiger partial charge in [-0.15, -0.1) is 0 Å². The van der Waals surface area contributed by atoms with Crippen molar-refractivity contribution < 1.29 is 27.4 Å². The van der Waals surface area contributed by atoms with Crippen LogP contribution in [0.15, 0.2) is 36.4 Å². The third-order valence-corrected chi connectivity index (χ3v) is 5.76. The number of carbonyl (C=O) groups excluding carboxylic acids is 1. The minimum Gasteiger partial charge on any atom is -0.624 e. The number of carbonyl (C=O) groups is 1. The zero-order valence-electron chi connectivity index (χ0n) is 17.9. The van der Waals surface area contributed by atoms with Crippen LogP contribution < -0.4 is 0 Å². The van der Waals surface area contributed by atoms with E-state index in [4.69, 9.17) is 27.9 Å². The summed E-state index contributed by atoms with van der Waals surface area (Å²) in [5, 5.41) is 12.8. The Morgan fingerprint density at radius 2 is 1.69 bits per heavy atom. The van der Waals surface area contributed by atoms with E-state index in [2.05, 4.69) is 0 Å². The highest BCUT2D eigenvalue weighted by Gasteiger charge is 2.63. The van der Waals surface area contributed by atoms with Crippen molar-refractivity contribution >= 4 is 34.9 Å². The first-order chi connectivity index (χ1) is 14.6. The molecule has 0 aliphatic carbocycles. The summed E-state index contributed by atoms with van der Waals surface area (Å²) in [6.45, 7) is 6.02. The molecule has 1 heterocycles. The first kappa shape index (κ1) is 24.4. The molecule has 4 nitrogen and oxygen atoms in total. The quantitative estimate of drug-likeness (QED) is 0.283. The molecule has 0 fully saturated rings. The van der Waals surface area contributed by atoms with Gasteiger partial charge in [-0.05, 0) is 75.2 Å². The molecule has 0 saturated heterocycles. The molecular formula is C23H22Cl2F3NO3. The van der Waals surface area contributed by atoms with Crippen molar-refractivity contribution in [1.29, 1.82) is 0 Å². The molecule has 2 aromatic carbocycles. The molecule has 2 aromatic rings. The van der Waals surface area contributed by atoms with E-state index in [0.717, 1.165) is 0 Å². The van der Waals surface area contributed by atoms with Crippen LogP contribution in [0.4, 0.5) is 13.2 Å². The molecule has 32 heavy (non-hydrogen) atoms. The number of rotatable bonds is 3. The number of alkyl halides is 3. The number of ether oxygens (including phenoxy) is 1. The summed E-state index contributed by atoms with van der Waals surface area (Å²) in [7, 11) is 0. The molecule has 0 N–H and O–H groups in total. The standard InChI is InChI=1S/C23H22Cl2F3NO3/c1-13-7-14(5-6-18(13)20(30)32-21(2,3)4)19-11-22(12-29(19)31,23(26,27)28)15-8-16(24)10-17(25)9-15/h5-10H,11-12H2,1-4H3/t22-/m0/s1. The molecule has 0 bridgehead atoms. The van der Waals surface area contributed by atoms with Gasteiger partial charge in [0.25, 0.3) is 0 Å². The van der Waals surface area contributed by atoms with Gasteiger partial charge in [0.05, 0.1) is 12.0 Å². The van der Waals surface area contributed by atoms with Crippen molar-refractivity contribution in [3.05, 3.63) is 73.9 Å². The van der Waals surface area contributed by atoms with Gasteiger partial charge in [-0.25, -0.2) is 9.53 Å². The third kappa shape index (κ3) is 4.74. The van der Waals surface area contributed by atoms with Gasteiger partial charge in [0.1, 0.15) is 5.60 Å². The summed E-state index contributed by atoms with van der Waals surface area (Å²) in [5.41, 5.74) is -2.27. The Labute approximate surface area is 194 Å². The van der Waals surface area contributed by atoms with E-state index in [1.54, 1.807) is 27.7 Å². The summed E-state index contributed by atoms with van der Waals surface area (Å²) in [6.07, 6.45) is -5.31. The predicted molar refractivity (Wildman–Crippen MR) is 118 cm³/mol. The molecule has 172 valence electrons. The van der Waals surface area contributed by atoms with E-state index in [1.165, 1.54) is 36.4 Å². The SMILES string of the molecule is Cc1cc(C2=[N+]([O-])C[C@@](c3cc(Cl)cc(Cl)c3)(C(F)(F)F)C2)ccc1C(=O)OC(C)(C)C. The number of hydrogen-bond donors (Lipinski definition) is 0. The van der Waals surface area contributed by atoms with Crippen molar-refractivity contribution in [3.8, 4) is 0 Å². The zero-order valence-corrected chi connectivity index (χ0v) is 19.5. The molecule has 3 rings (SSSR count). The lowest BCUT2D eigenvalue weighted by molar-refractivity contribution is -0.465. The van der Waals surface area contributed by atoms with Gasteiger partial charge in [-0.3, -0.25) is 0 Å². The molecule has 1 aliphatic heterocycles. The average molecular weight is 488 g/mol. The van der Waals surface area contributed by atoms with Gasteiger partial charge in [-0.1, -0.05) is 23.2 Å². The smallest absolute Gasteiger partial charge is 0.405 e. The summed E-state index contributed by atoms with van der Waals surface area (Å²) >= 11 is 11.9. The van der Waals surface area contributed by atoms with Gasteiger partial charge >= 0.3 is 12.1 Å². The summed E-state index contributed by atoms with van der Waals surface area (Å²) in [4.78, 5) is 12.4. The van der Waals surface area contributed by atoms with Gasteiger partial charge in [0.2, 0.25) is 0 Å². The maximum Gasteiger partial charge on any atom is 0.405 e. The predicted octanol–water partition coefficient (Wildman–Crippen LogP) is 6.46. The Morgan fingerprint density at radius 1 is 1.09 bits per heavy atom. The number of benzene rings is 2. The lowest BCUT2D eigenvalue weighted by Crippen LogP contribution is -2.45. The largest absolute Gasteiger partial charge is 0.624 e. The first-order valence-corrected chi connectivity index (χ1v) is 10.6. The van der Waals surface area contributed by atoms with Crippen molar-refractivity contribution in [3.63, 3.8) is 0 Å². The molecule has 0 spiro atoms. The van der Waals surface area contributed by atoms with Crippen molar-refractivity contribution in [2.75, 3.05) is 6.54 Å². The maximum atomic E-state index is 14.3. The van der Waals surface area contributed by atoms with E-state index in [-0.39, 0.29) is 26.9 Å². The van der Waals surface area contributed by atoms with E-state index in [1.807, 2.05) is 0 Å². The van der Waals surface area contributed by atoms with Crippen LogP contribution in [0.1, 0.15) is 54.2 Å².